The summed E-state index contributed by atoms with van der Waals surface area (Å²) in [6.45, 7) is 6.95. The number of nitrogens with one attached hydrogen (secondary N) is 2. The van der Waals surface area contributed by atoms with Gasteiger partial charge in [-0.1, -0.05) is 50.0 Å². The van der Waals surface area contributed by atoms with Crippen LogP contribution in [-0.4, -0.2) is 0 Å². The fourth-order valence-corrected chi connectivity index (χ4v) is 2.76. The number of halogens is 2. The zero-order valence-corrected chi connectivity index (χ0v) is 13.8. The molecule has 0 fully saturated rings. The highest BCUT2D eigenvalue weighted by Gasteiger charge is 2.26. The van der Waals surface area contributed by atoms with E-state index in [4.69, 9.17) is 23.2 Å². The lowest BCUT2D eigenvalue weighted by Gasteiger charge is -2.33. The Morgan fingerprint density at radius 1 is 1.10 bits per heavy atom. The molecule has 1 aromatic carbocycles. The second kappa shape index (κ2) is 6.28. The van der Waals surface area contributed by atoms with Gasteiger partial charge >= 0.3 is 0 Å². The van der Waals surface area contributed by atoms with Crippen molar-refractivity contribution in [2.75, 3.05) is 5.43 Å². The summed E-state index contributed by atoms with van der Waals surface area (Å²) in [6, 6.07) is 5.51. The van der Waals surface area contributed by atoms with Crippen molar-refractivity contribution >= 4 is 28.9 Å². The van der Waals surface area contributed by atoms with E-state index in [1.807, 2.05) is 12.1 Å². The second-order valence-corrected chi connectivity index (χ2v) is 7.26. The van der Waals surface area contributed by atoms with Crippen LogP contribution in [-0.2, 0) is 0 Å². The van der Waals surface area contributed by atoms with E-state index in [9.17, 15) is 0 Å². The van der Waals surface area contributed by atoms with Crippen LogP contribution in [0.25, 0.3) is 0 Å². The van der Waals surface area contributed by atoms with Crippen molar-refractivity contribution in [3.05, 3.63) is 40.0 Å². The average Bonchev–Trinajstić information content (AvgIpc) is 2.40. The average molecular weight is 313 g/mol. The van der Waals surface area contributed by atoms with E-state index in [0.29, 0.717) is 15.5 Å². The zero-order valence-electron chi connectivity index (χ0n) is 12.3. The summed E-state index contributed by atoms with van der Waals surface area (Å²) in [4.78, 5) is 0. The van der Waals surface area contributed by atoms with Crippen LogP contribution >= 0.6 is 23.2 Å². The van der Waals surface area contributed by atoms with Crippen LogP contribution in [0.4, 0.5) is 5.69 Å². The zero-order chi connectivity index (χ0) is 14.8. The minimum Gasteiger partial charge on any atom is -0.305 e. The van der Waals surface area contributed by atoms with Gasteiger partial charge in [-0.15, -0.1) is 0 Å². The van der Waals surface area contributed by atoms with Crippen LogP contribution < -0.4 is 10.9 Å². The van der Waals surface area contributed by atoms with E-state index in [0.717, 1.165) is 24.4 Å². The lowest BCUT2D eigenvalue weighted by atomic mass is 9.74. The fraction of sp³-hybridized carbons (Fsp3) is 0.500. The lowest BCUT2D eigenvalue weighted by molar-refractivity contribution is 0.219. The highest BCUT2D eigenvalue weighted by molar-refractivity contribution is 6.42. The number of allylic oxidation sites excluding steroid dienone is 2. The van der Waals surface area contributed by atoms with Gasteiger partial charge in [0.05, 0.1) is 15.7 Å². The molecule has 0 radical (unpaired) electrons. The molecule has 0 saturated heterocycles. The molecule has 1 aromatic rings. The molecule has 0 aromatic heterocycles. The largest absolute Gasteiger partial charge is 0.305 e. The van der Waals surface area contributed by atoms with E-state index in [-0.39, 0.29) is 0 Å². The number of hydrazine groups is 1. The summed E-state index contributed by atoms with van der Waals surface area (Å²) in [6.07, 6.45) is 5.74. The summed E-state index contributed by atoms with van der Waals surface area (Å²) in [5.74, 6) is 0.762. The van der Waals surface area contributed by atoms with E-state index >= 15 is 0 Å². The molecule has 0 saturated carbocycles. The molecule has 0 heterocycles. The summed E-state index contributed by atoms with van der Waals surface area (Å²) >= 11 is 11.9. The third kappa shape index (κ3) is 4.07. The molecular weight excluding hydrogens is 291 g/mol. The van der Waals surface area contributed by atoms with Gasteiger partial charge in [0.25, 0.3) is 0 Å². The van der Waals surface area contributed by atoms with Gasteiger partial charge in [-0.3, -0.25) is 0 Å². The molecule has 2 rings (SSSR count). The standard InChI is InChI=1S/C16H22Cl2N2/c1-16(2,3)11-4-6-12(7-5-11)19-20-13-8-9-14(17)15(18)10-13/h6,8-11,19-20H,4-5,7H2,1-3H3/t11-/m0/s1. The summed E-state index contributed by atoms with van der Waals surface area (Å²) < 4.78 is 0. The number of rotatable bonds is 3. The van der Waals surface area contributed by atoms with Crippen LogP contribution in [0, 0.1) is 11.3 Å². The van der Waals surface area contributed by atoms with Gasteiger partial charge in [-0.25, -0.2) is 0 Å². The summed E-state index contributed by atoms with van der Waals surface area (Å²) in [5, 5.41) is 1.13. The molecule has 4 heteroatoms. The van der Waals surface area contributed by atoms with Gasteiger partial charge in [0.1, 0.15) is 0 Å². The normalized spacial score (nSPS) is 19.4. The predicted molar refractivity (Wildman–Crippen MR) is 88.1 cm³/mol. The second-order valence-electron chi connectivity index (χ2n) is 6.45. The molecule has 0 spiro atoms. The van der Waals surface area contributed by atoms with Gasteiger partial charge in [0.2, 0.25) is 0 Å². The Hall–Kier alpha value is -0.860. The lowest BCUT2D eigenvalue weighted by Crippen LogP contribution is -2.27. The first-order valence-electron chi connectivity index (χ1n) is 7.02. The SMILES string of the molecule is CC(C)(C)[C@H]1CC=C(NNc2ccc(Cl)c(Cl)c2)CC1. The maximum Gasteiger partial charge on any atom is 0.0613 e. The number of benzene rings is 1. The van der Waals surface area contributed by atoms with Gasteiger partial charge in [0, 0.05) is 5.70 Å². The Morgan fingerprint density at radius 2 is 1.85 bits per heavy atom. The van der Waals surface area contributed by atoms with Crippen molar-refractivity contribution in [3.63, 3.8) is 0 Å². The number of hydrogen-bond acceptors (Lipinski definition) is 2. The van der Waals surface area contributed by atoms with Gasteiger partial charge in [-0.05, 0) is 48.8 Å². The van der Waals surface area contributed by atoms with Crippen molar-refractivity contribution in [1.29, 1.82) is 0 Å². The molecule has 1 atom stereocenters. The van der Waals surface area contributed by atoms with Crippen molar-refractivity contribution in [2.45, 2.75) is 40.0 Å². The molecule has 0 amide bonds. The maximum atomic E-state index is 5.99. The summed E-state index contributed by atoms with van der Waals surface area (Å²) in [5.41, 5.74) is 8.99. The first-order valence-corrected chi connectivity index (χ1v) is 7.78. The fourth-order valence-electron chi connectivity index (χ4n) is 2.46. The van der Waals surface area contributed by atoms with E-state index in [1.165, 1.54) is 12.1 Å². The summed E-state index contributed by atoms with van der Waals surface area (Å²) in [7, 11) is 0. The Morgan fingerprint density at radius 3 is 2.40 bits per heavy atom. The van der Waals surface area contributed by atoms with Crippen LogP contribution in [0.2, 0.25) is 10.0 Å². The third-order valence-corrected chi connectivity index (χ3v) is 4.66. The van der Waals surface area contributed by atoms with Crippen molar-refractivity contribution < 1.29 is 0 Å². The Bertz CT molecular complexity index is 504. The highest BCUT2D eigenvalue weighted by atomic mass is 35.5. The molecule has 110 valence electrons. The van der Waals surface area contributed by atoms with Gasteiger partial charge in [-0.2, -0.15) is 0 Å². The van der Waals surface area contributed by atoms with Gasteiger partial charge < -0.3 is 10.9 Å². The molecular formula is C16H22Cl2N2. The number of anilines is 1. The maximum absolute atomic E-state index is 5.99. The quantitative estimate of drug-likeness (QED) is 0.706. The molecule has 2 N–H and O–H groups in total. The predicted octanol–water partition coefficient (Wildman–Crippen LogP) is 5.64. The van der Waals surface area contributed by atoms with Crippen LogP contribution in [0.3, 0.4) is 0 Å². The minimum absolute atomic E-state index is 0.388. The monoisotopic (exact) mass is 312 g/mol. The third-order valence-electron chi connectivity index (χ3n) is 3.92. The first kappa shape index (κ1) is 15.5. The molecule has 1 aliphatic carbocycles. The van der Waals surface area contributed by atoms with Crippen molar-refractivity contribution in [1.82, 2.24) is 5.43 Å². The molecule has 0 aliphatic heterocycles. The Balaban J connectivity index is 1.89. The Kier molecular flexibility index (Phi) is 4.87. The van der Waals surface area contributed by atoms with Crippen LogP contribution in [0.5, 0.6) is 0 Å². The minimum atomic E-state index is 0.388. The first-order chi connectivity index (χ1) is 9.36. The van der Waals surface area contributed by atoms with E-state index in [2.05, 4.69) is 37.7 Å². The topological polar surface area (TPSA) is 24.1 Å². The highest BCUT2D eigenvalue weighted by Crippen LogP contribution is 2.36. The van der Waals surface area contributed by atoms with E-state index in [1.54, 1.807) is 6.07 Å². The van der Waals surface area contributed by atoms with Gasteiger partial charge in [0.15, 0.2) is 0 Å². The molecule has 0 bridgehead atoms. The molecule has 2 nitrogen and oxygen atoms in total. The number of hydrogen-bond donors (Lipinski definition) is 2. The van der Waals surface area contributed by atoms with Crippen LogP contribution in [0.15, 0.2) is 30.0 Å². The molecule has 0 unspecified atom stereocenters. The Labute approximate surface area is 131 Å². The smallest absolute Gasteiger partial charge is 0.0613 e. The molecule has 1 aliphatic rings. The van der Waals surface area contributed by atoms with E-state index < -0.39 is 0 Å². The van der Waals surface area contributed by atoms with Crippen molar-refractivity contribution in [3.8, 4) is 0 Å². The molecule has 20 heavy (non-hydrogen) atoms. The van der Waals surface area contributed by atoms with Crippen LogP contribution in [0.1, 0.15) is 40.0 Å². The van der Waals surface area contributed by atoms with Crippen molar-refractivity contribution in [2.24, 2.45) is 11.3 Å².